The number of piperidine rings is 2. The number of aromatic nitrogens is 1. The summed E-state index contributed by atoms with van der Waals surface area (Å²) in [6, 6.07) is 3.84. The Morgan fingerprint density at radius 1 is 1.38 bits per heavy atom. The number of nitrogens with zero attached hydrogens (tertiary/aromatic N) is 3. The van der Waals surface area contributed by atoms with Gasteiger partial charge in [-0.25, -0.2) is 4.98 Å². The van der Waals surface area contributed by atoms with E-state index in [0.29, 0.717) is 22.7 Å². The smallest absolute Gasteiger partial charge is 0.254 e. The van der Waals surface area contributed by atoms with Gasteiger partial charge in [-0.2, -0.15) is 0 Å². The summed E-state index contributed by atoms with van der Waals surface area (Å²) in [5, 5.41) is 0.387. The lowest BCUT2D eigenvalue weighted by molar-refractivity contribution is 0.0194. The summed E-state index contributed by atoms with van der Waals surface area (Å²) >= 11 is 5.96. The van der Waals surface area contributed by atoms with E-state index in [1.54, 1.807) is 18.3 Å². The number of carbonyl (C=O) groups excluding carboxylic acids is 1. The largest absolute Gasteiger partial charge is 0.335 e. The zero-order valence-corrected chi connectivity index (χ0v) is 15.5. The Kier molecular flexibility index (Phi) is 5.77. The molecule has 2 fully saturated rings. The zero-order chi connectivity index (χ0) is 17.1. The van der Waals surface area contributed by atoms with Crippen LogP contribution in [0.25, 0.3) is 0 Å². The third kappa shape index (κ3) is 4.09. The Morgan fingerprint density at radius 3 is 2.96 bits per heavy atom. The van der Waals surface area contributed by atoms with E-state index in [1.165, 1.54) is 19.4 Å². The lowest BCUT2D eigenvalue weighted by Gasteiger charge is -2.47. The topological polar surface area (TPSA) is 36.4 Å². The number of hydrogen-bond acceptors (Lipinski definition) is 3. The van der Waals surface area contributed by atoms with Crippen molar-refractivity contribution in [2.45, 2.75) is 45.6 Å². The van der Waals surface area contributed by atoms with Crippen LogP contribution in [0.15, 0.2) is 18.3 Å². The van der Waals surface area contributed by atoms with Crippen LogP contribution >= 0.6 is 11.6 Å². The fourth-order valence-corrected chi connectivity index (χ4v) is 4.25. The molecule has 0 spiro atoms. The van der Waals surface area contributed by atoms with Crippen molar-refractivity contribution >= 4 is 17.5 Å². The summed E-state index contributed by atoms with van der Waals surface area (Å²) in [5.41, 5.74) is 0.665. The molecule has 4 nitrogen and oxygen atoms in total. The molecule has 0 unspecified atom stereocenters. The van der Waals surface area contributed by atoms with Crippen LogP contribution < -0.4 is 0 Å². The van der Waals surface area contributed by atoms with Gasteiger partial charge < -0.3 is 9.80 Å². The highest BCUT2D eigenvalue weighted by atomic mass is 35.5. The van der Waals surface area contributed by atoms with Crippen LogP contribution in [-0.2, 0) is 0 Å². The molecule has 24 heavy (non-hydrogen) atoms. The predicted molar refractivity (Wildman–Crippen MR) is 97.3 cm³/mol. The third-order valence-electron chi connectivity index (χ3n) is 5.41. The minimum Gasteiger partial charge on any atom is -0.335 e. The van der Waals surface area contributed by atoms with Crippen LogP contribution in [0.2, 0.25) is 5.15 Å². The van der Waals surface area contributed by atoms with E-state index in [1.807, 2.05) is 0 Å². The fraction of sp³-hybridized carbons (Fsp3) is 0.684. The molecule has 1 aromatic rings. The van der Waals surface area contributed by atoms with E-state index in [2.05, 4.69) is 28.6 Å². The van der Waals surface area contributed by atoms with Crippen molar-refractivity contribution in [1.29, 1.82) is 0 Å². The summed E-state index contributed by atoms with van der Waals surface area (Å²) in [7, 11) is 0. The van der Waals surface area contributed by atoms with Crippen molar-refractivity contribution in [3.8, 4) is 0 Å². The van der Waals surface area contributed by atoms with Crippen LogP contribution in [0.1, 0.15) is 49.9 Å². The van der Waals surface area contributed by atoms with Crippen molar-refractivity contribution in [2.24, 2.45) is 11.8 Å². The molecule has 2 atom stereocenters. The van der Waals surface area contributed by atoms with Crippen molar-refractivity contribution in [3.05, 3.63) is 29.0 Å². The first-order valence-corrected chi connectivity index (χ1v) is 9.57. The van der Waals surface area contributed by atoms with Crippen molar-refractivity contribution in [3.63, 3.8) is 0 Å². The average Bonchev–Trinajstić information content (AvgIpc) is 2.58. The molecular weight excluding hydrogens is 322 g/mol. The van der Waals surface area contributed by atoms with Gasteiger partial charge in [0.1, 0.15) is 5.15 Å². The lowest BCUT2D eigenvalue weighted by Crippen LogP contribution is -2.55. The number of amides is 1. The minimum absolute atomic E-state index is 0.115. The van der Waals surface area contributed by atoms with Gasteiger partial charge in [-0.05, 0) is 56.2 Å². The SMILES string of the molecule is CC(C)CCN1CC[C@@H]2[C@H](CCCN2C(=O)c2ccnc(Cl)c2)C1. The zero-order valence-electron chi connectivity index (χ0n) is 14.7. The molecule has 1 amide bonds. The summed E-state index contributed by atoms with van der Waals surface area (Å²) in [5.74, 6) is 1.48. The summed E-state index contributed by atoms with van der Waals surface area (Å²) < 4.78 is 0. The Morgan fingerprint density at radius 2 is 2.21 bits per heavy atom. The first-order chi connectivity index (χ1) is 11.5. The summed E-state index contributed by atoms with van der Waals surface area (Å²) in [6.07, 6.45) is 6.31. The second-order valence-electron chi connectivity index (χ2n) is 7.61. The lowest BCUT2D eigenvalue weighted by atomic mass is 9.83. The maximum absolute atomic E-state index is 12.9. The number of carbonyl (C=O) groups is 1. The van der Waals surface area contributed by atoms with Crippen molar-refractivity contribution < 1.29 is 4.79 Å². The van der Waals surface area contributed by atoms with Gasteiger partial charge in [0.2, 0.25) is 0 Å². The highest BCUT2D eigenvalue weighted by Crippen LogP contribution is 2.32. The summed E-state index contributed by atoms with van der Waals surface area (Å²) in [4.78, 5) is 21.6. The molecule has 0 bridgehead atoms. The maximum Gasteiger partial charge on any atom is 0.254 e. The van der Waals surface area contributed by atoms with Gasteiger partial charge in [0, 0.05) is 37.4 Å². The van der Waals surface area contributed by atoms with Crippen LogP contribution in [0.3, 0.4) is 0 Å². The molecule has 5 heteroatoms. The van der Waals surface area contributed by atoms with E-state index in [0.717, 1.165) is 38.4 Å². The average molecular weight is 350 g/mol. The van der Waals surface area contributed by atoms with E-state index < -0.39 is 0 Å². The molecule has 2 aliphatic rings. The Bertz CT molecular complexity index is 577. The number of likely N-dealkylation sites (tertiary alicyclic amines) is 2. The first kappa shape index (κ1) is 17.7. The van der Waals surface area contributed by atoms with Gasteiger partial charge in [-0.1, -0.05) is 25.4 Å². The third-order valence-corrected chi connectivity index (χ3v) is 5.62. The number of rotatable bonds is 4. The van der Waals surface area contributed by atoms with Gasteiger partial charge in [0.05, 0.1) is 0 Å². The van der Waals surface area contributed by atoms with Gasteiger partial charge in [-0.3, -0.25) is 4.79 Å². The highest BCUT2D eigenvalue weighted by molar-refractivity contribution is 6.29. The van der Waals surface area contributed by atoms with Crippen molar-refractivity contribution in [2.75, 3.05) is 26.2 Å². The van der Waals surface area contributed by atoms with E-state index in [-0.39, 0.29) is 5.91 Å². The molecule has 2 saturated heterocycles. The first-order valence-electron chi connectivity index (χ1n) is 9.19. The monoisotopic (exact) mass is 349 g/mol. The molecule has 1 aromatic heterocycles. The van der Waals surface area contributed by atoms with E-state index >= 15 is 0 Å². The Balaban J connectivity index is 1.66. The molecule has 2 aliphatic heterocycles. The van der Waals surface area contributed by atoms with Gasteiger partial charge in [0.15, 0.2) is 0 Å². The molecule has 3 rings (SSSR count). The second-order valence-corrected chi connectivity index (χ2v) is 7.99. The molecule has 3 heterocycles. The van der Waals surface area contributed by atoms with Crippen LogP contribution in [0.5, 0.6) is 0 Å². The molecule has 0 saturated carbocycles. The minimum atomic E-state index is 0.115. The van der Waals surface area contributed by atoms with E-state index in [4.69, 9.17) is 11.6 Å². The molecule has 0 aromatic carbocycles. The molecule has 0 aliphatic carbocycles. The van der Waals surface area contributed by atoms with Gasteiger partial charge in [0.25, 0.3) is 5.91 Å². The number of hydrogen-bond donors (Lipinski definition) is 0. The Hall–Kier alpha value is -1.13. The standard InChI is InChI=1S/C19H28ClN3O/c1-14(2)6-10-22-11-7-17-16(13-22)4-3-9-23(17)19(24)15-5-8-21-18(20)12-15/h5,8,12,14,16-17H,3-4,6-7,9-11,13H2,1-2H3/t16-,17-/m1/s1. The van der Waals surface area contributed by atoms with Crippen LogP contribution in [0, 0.1) is 11.8 Å². The normalized spacial score (nSPS) is 24.9. The maximum atomic E-state index is 12.9. The number of halogens is 1. The molecule has 132 valence electrons. The molecule has 0 N–H and O–H groups in total. The van der Waals surface area contributed by atoms with Crippen molar-refractivity contribution in [1.82, 2.24) is 14.8 Å². The highest BCUT2D eigenvalue weighted by Gasteiger charge is 2.38. The van der Waals surface area contributed by atoms with Crippen LogP contribution in [-0.4, -0.2) is 52.9 Å². The predicted octanol–water partition coefficient (Wildman–Crippen LogP) is 3.71. The number of fused-ring (bicyclic) bond motifs is 1. The second kappa shape index (κ2) is 7.83. The number of pyridine rings is 1. The van der Waals surface area contributed by atoms with E-state index in [9.17, 15) is 4.79 Å². The molecular formula is C19H28ClN3O. The van der Waals surface area contributed by atoms with Crippen LogP contribution in [0.4, 0.5) is 0 Å². The quantitative estimate of drug-likeness (QED) is 0.777. The fourth-order valence-electron chi connectivity index (χ4n) is 4.08. The summed E-state index contributed by atoms with van der Waals surface area (Å²) in [6.45, 7) is 8.87. The Labute approximate surface area is 150 Å². The van der Waals surface area contributed by atoms with Gasteiger partial charge in [-0.15, -0.1) is 0 Å². The molecule has 0 radical (unpaired) electrons. The van der Waals surface area contributed by atoms with Gasteiger partial charge >= 0.3 is 0 Å².